The Balaban J connectivity index is 0.00000172. The molecule has 10 heteroatoms. The van der Waals surface area contributed by atoms with E-state index in [1.807, 2.05) is 58.0 Å². The average Bonchev–Trinajstić information content (AvgIpc) is 3.24. The Hall–Kier alpha value is -3.24. The molecule has 0 spiro atoms. The summed E-state index contributed by atoms with van der Waals surface area (Å²) in [5.74, 6) is -1.40. The van der Waals surface area contributed by atoms with Gasteiger partial charge in [0.15, 0.2) is 0 Å². The Morgan fingerprint density at radius 3 is 2.16 bits per heavy atom. The van der Waals surface area contributed by atoms with E-state index in [1.54, 1.807) is 27.7 Å². The van der Waals surface area contributed by atoms with E-state index in [1.165, 1.54) is 4.57 Å². The van der Waals surface area contributed by atoms with Crippen molar-refractivity contribution in [2.75, 3.05) is 13.2 Å². The zero-order valence-corrected chi connectivity index (χ0v) is 24.4. The van der Waals surface area contributed by atoms with Crippen LogP contribution in [-0.4, -0.2) is 45.0 Å². The molecule has 0 aliphatic carbocycles. The highest BCUT2D eigenvalue weighted by Gasteiger charge is 2.25. The summed E-state index contributed by atoms with van der Waals surface area (Å²) in [6, 6.07) is 9.53. The van der Waals surface area contributed by atoms with Crippen molar-refractivity contribution < 1.29 is 24.2 Å². The lowest BCUT2D eigenvalue weighted by molar-refractivity contribution is -0.155. The van der Waals surface area contributed by atoms with Crippen molar-refractivity contribution in [2.45, 2.75) is 80.5 Å². The smallest absolute Gasteiger partial charge is 0.348 e. The maximum Gasteiger partial charge on any atom is 0.348 e. The van der Waals surface area contributed by atoms with Gasteiger partial charge in [-0.25, -0.2) is 14.2 Å². The Bertz CT molecular complexity index is 1320. The summed E-state index contributed by atoms with van der Waals surface area (Å²) in [4.78, 5) is 52.1. The van der Waals surface area contributed by atoms with Gasteiger partial charge in [0, 0.05) is 6.54 Å². The Kier molecular flexibility index (Phi) is 13.1. The van der Waals surface area contributed by atoms with E-state index in [0.29, 0.717) is 16.8 Å². The zero-order chi connectivity index (χ0) is 29.0. The minimum Gasteiger partial charge on any atom is -0.459 e. The molecule has 0 saturated carbocycles. The number of aryl methyl sites for hydroxylation is 3. The van der Waals surface area contributed by atoms with Crippen LogP contribution >= 0.6 is 11.3 Å². The zero-order valence-electron chi connectivity index (χ0n) is 23.6. The molecule has 1 aromatic carbocycles. The van der Waals surface area contributed by atoms with Crippen LogP contribution < -0.4 is 11.2 Å². The van der Waals surface area contributed by atoms with Crippen molar-refractivity contribution in [1.29, 1.82) is 0 Å². The Morgan fingerprint density at radius 1 is 1.00 bits per heavy atom. The number of aliphatic hydroxyl groups is 1. The van der Waals surface area contributed by atoms with Gasteiger partial charge in [-0.2, -0.15) is 0 Å². The van der Waals surface area contributed by atoms with E-state index in [2.05, 4.69) is 0 Å². The van der Waals surface area contributed by atoms with Gasteiger partial charge in [-0.15, -0.1) is 11.3 Å². The molecule has 9 nitrogen and oxygen atoms in total. The fourth-order valence-corrected chi connectivity index (χ4v) is 4.73. The molecule has 0 fully saturated rings. The van der Waals surface area contributed by atoms with Gasteiger partial charge in [-0.05, 0) is 45.2 Å². The average molecular weight is 549 g/mol. The van der Waals surface area contributed by atoms with E-state index >= 15 is 0 Å². The molecule has 38 heavy (non-hydrogen) atoms. The molecule has 2 aromatic heterocycles. The van der Waals surface area contributed by atoms with Crippen molar-refractivity contribution in [2.24, 2.45) is 0 Å². The van der Waals surface area contributed by atoms with E-state index < -0.39 is 35.3 Å². The number of benzene rings is 1. The molecule has 1 N–H and O–H groups in total. The first kappa shape index (κ1) is 32.8. The molecule has 210 valence electrons. The minimum absolute atomic E-state index is 0.170. The number of nitrogens with zero attached hydrogens (tertiary/aromatic N) is 2. The summed E-state index contributed by atoms with van der Waals surface area (Å²) in [5.41, 5.74) is -0.755. The molecule has 3 aromatic rings. The third-order valence-electron chi connectivity index (χ3n) is 4.98. The van der Waals surface area contributed by atoms with Crippen molar-refractivity contribution in [3.05, 3.63) is 67.2 Å². The molecule has 0 aliphatic rings. The fraction of sp³-hybridized carbons (Fsp3) is 0.500. The molecule has 2 heterocycles. The van der Waals surface area contributed by atoms with Crippen LogP contribution in [-0.2, 0) is 33.8 Å². The number of aromatic nitrogens is 2. The summed E-state index contributed by atoms with van der Waals surface area (Å²) in [5, 5.41) is 9.14. The van der Waals surface area contributed by atoms with Crippen LogP contribution in [0.25, 0.3) is 10.2 Å². The van der Waals surface area contributed by atoms with Gasteiger partial charge in [-0.1, -0.05) is 58.0 Å². The third kappa shape index (κ3) is 8.39. The lowest BCUT2D eigenvalue weighted by Crippen LogP contribution is -2.42. The molecular weight excluding hydrogens is 508 g/mol. The van der Waals surface area contributed by atoms with E-state index in [4.69, 9.17) is 14.6 Å². The monoisotopic (exact) mass is 548 g/mol. The molecule has 0 atom stereocenters. The maximum absolute atomic E-state index is 13.4. The van der Waals surface area contributed by atoms with Crippen LogP contribution in [0, 0.1) is 6.92 Å². The van der Waals surface area contributed by atoms with Crippen molar-refractivity contribution in [3.63, 3.8) is 0 Å². The second kappa shape index (κ2) is 15.2. The first-order valence-corrected chi connectivity index (χ1v) is 13.7. The summed E-state index contributed by atoms with van der Waals surface area (Å²) in [6.07, 6.45) is 0.502. The van der Waals surface area contributed by atoms with Gasteiger partial charge in [0.1, 0.15) is 28.5 Å². The highest BCUT2D eigenvalue weighted by atomic mass is 32.1. The van der Waals surface area contributed by atoms with Crippen LogP contribution in [0.2, 0.25) is 0 Å². The maximum atomic E-state index is 13.4. The second-order valence-corrected chi connectivity index (χ2v) is 9.74. The van der Waals surface area contributed by atoms with E-state index in [0.717, 1.165) is 21.5 Å². The molecule has 0 bridgehead atoms. The summed E-state index contributed by atoms with van der Waals surface area (Å²) in [6.45, 7) is 13.9. The normalized spacial score (nSPS) is 10.7. The Morgan fingerprint density at radius 2 is 1.61 bits per heavy atom. The largest absolute Gasteiger partial charge is 0.459 e. The second-order valence-electron chi connectivity index (χ2n) is 8.74. The highest BCUT2D eigenvalue weighted by Crippen LogP contribution is 2.28. The molecule has 0 saturated heterocycles. The van der Waals surface area contributed by atoms with Gasteiger partial charge in [-0.3, -0.25) is 14.2 Å². The van der Waals surface area contributed by atoms with Gasteiger partial charge >= 0.3 is 17.6 Å². The molecule has 0 radical (unpaired) electrons. The predicted octanol–water partition coefficient (Wildman–Crippen LogP) is 4.32. The van der Waals surface area contributed by atoms with Crippen LogP contribution in [0.4, 0.5) is 0 Å². The van der Waals surface area contributed by atoms with Crippen LogP contribution in [0.15, 0.2) is 39.9 Å². The van der Waals surface area contributed by atoms with Gasteiger partial charge in [0.2, 0.25) is 0 Å². The summed E-state index contributed by atoms with van der Waals surface area (Å²) >= 11 is 0.987. The summed E-state index contributed by atoms with van der Waals surface area (Å²) in [7, 11) is 0. The molecule has 0 unspecified atom stereocenters. The van der Waals surface area contributed by atoms with E-state index in [9.17, 15) is 19.2 Å². The third-order valence-corrected chi connectivity index (χ3v) is 6.27. The Labute approximate surface area is 227 Å². The number of esters is 2. The van der Waals surface area contributed by atoms with Gasteiger partial charge in [0.05, 0.1) is 12.0 Å². The van der Waals surface area contributed by atoms with Crippen molar-refractivity contribution in [3.8, 4) is 0 Å². The number of thiophene rings is 1. The number of hydrogen-bond donors (Lipinski definition) is 1. The van der Waals surface area contributed by atoms with Crippen molar-refractivity contribution in [1.82, 2.24) is 9.13 Å². The van der Waals surface area contributed by atoms with Crippen LogP contribution in [0.1, 0.15) is 69.3 Å². The predicted molar refractivity (Wildman–Crippen MR) is 151 cm³/mol. The van der Waals surface area contributed by atoms with E-state index in [-0.39, 0.29) is 30.0 Å². The SMILES string of the molecule is CC.CC.Cc1c(C(=O)OCCO)sc2c1c(=O)n(CC(=O)OC(C)(C)C)c(=O)n2CCc1ccccc1. The van der Waals surface area contributed by atoms with Gasteiger partial charge in [0.25, 0.3) is 5.56 Å². The quantitative estimate of drug-likeness (QED) is 0.417. The highest BCUT2D eigenvalue weighted by molar-refractivity contribution is 7.20. The lowest BCUT2D eigenvalue weighted by atomic mass is 10.1. The molecule has 3 rings (SSSR count). The van der Waals surface area contributed by atoms with Crippen LogP contribution in [0.3, 0.4) is 0 Å². The van der Waals surface area contributed by atoms with Crippen LogP contribution in [0.5, 0.6) is 0 Å². The number of hydrogen-bond acceptors (Lipinski definition) is 8. The lowest BCUT2D eigenvalue weighted by Gasteiger charge is -2.20. The number of aliphatic hydroxyl groups excluding tert-OH is 1. The molecule has 0 amide bonds. The topological polar surface area (TPSA) is 117 Å². The van der Waals surface area contributed by atoms with Gasteiger partial charge < -0.3 is 14.6 Å². The first-order valence-electron chi connectivity index (χ1n) is 12.8. The number of carbonyl (C=O) groups is 2. The van der Waals surface area contributed by atoms with Crippen molar-refractivity contribution >= 4 is 33.5 Å². The molecular formula is C28H40N2O7S. The number of ether oxygens (including phenoxy) is 2. The standard InChI is InChI=1S/C24H28N2O7S.2C2H6/c1-15-18-20(29)26(14-17(28)33-24(2,3)4)23(31)25(11-10-16-8-6-5-7-9-16)21(18)34-19(15)22(30)32-13-12-27;2*1-2/h5-9,27H,10-14H2,1-4H3;2*1-2H3. The number of fused-ring (bicyclic) bond motifs is 1. The fourth-order valence-electron chi connectivity index (χ4n) is 3.52. The molecule has 0 aliphatic heterocycles. The number of rotatable bonds is 8. The minimum atomic E-state index is -0.779. The first-order chi connectivity index (χ1) is 18.0. The summed E-state index contributed by atoms with van der Waals surface area (Å²) < 4.78 is 12.6. The number of carbonyl (C=O) groups excluding carboxylic acids is 2.